The first-order chi connectivity index (χ1) is 19.2. The van der Waals surface area contributed by atoms with Crippen molar-refractivity contribution in [3.8, 4) is 0 Å². The molecule has 2 saturated heterocycles. The van der Waals surface area contributed by atoms with Crippen LogP contribution in [0.4, 0.5) is 15.8 Å². The van der Waals surface area contributed by atoms with Gasteiger partial charge in [0.2, 0.25) is 0 Å². The first kappa shape index (κ1) is 33.8. The van der Waals surface area contributed by atoms with Crippen LogP contribution in [0, 0.1) is 5.92 Å². The van der Waals surface area contributed by atoms with Crippen LogP contribution in [0.1, 0.15) is 56.2 Å². The lowest BCUT2D eigenvalue weighted by Gasteiger charge is -2.39. The Bertz CT molecular complexity index is 964. The zero-order valence-corrected chi connectivity index (χ0v) is 24.9. The van der Waals surface area contributed by atoms with Gasteiger partial charge in [-0.2, -0.15) is 0 Å². The molecule has 2 aliphatic heterocycles. The highest BCUT2D eigenvalue weighted by atomic mass is 19.1. The molecule has 3 fully saturated rings. The Morgan fingerprint density at radius 3 is 1.90 bits per heavy atom. The largest absolute Gasteiger partial charge is 0.371 e. The molecule has 2 heterocycles. The standard InChI is InChI=1S/C28H35N3.C2H6.2C2H4.CH3F/c1-3-23-8-11-26(12-9-23)30-18-16-29(17-19-30)22(2)27-21-25(20-24-6-7-24)10-13-28(27)31-14-4-5-15-31;4*1-2/h3,8-13,21,24H,1-2,4-7,14-20H2;1-2H3;2*1-2H2;1H3. The van der Waals surface area contributed by atoms with E-state index >= 15 is 0 Å². The van der Waals surface area contributed by atoms with Gasteiger partial charge in [0.15, 0.2) is 0 Å². The maximum absolute atomic E-state index is 9.50. The molecule has 0 bridgehead atoms. The van der Waals surface area contributed by atoms with Crippen LogP contribution >= 0.6 is 0 Å². The predicted molar refractivity (Wildman–Crippen MR) is 175 cm³/mol. The van der Waals surface area contributed by atoms with Crippen molar-refractivity contribution in [3.63, 3.8) is 0 Å². The molecule has 4 heteroatoms. The fourth-order valence-corrected chi connectivity index (χ4v) is 5.06. The van der Waals surface area contributed by atoms with E-state index in [4.69, 9.17) is 0 Å². The quantitative estimate of drug-likeness (QED) is 0.329. The summed E-state index contributed by atoms with van der Waals surface area (Å²) in [4.78, 5) is 7.56. The van der Waals surface area contributed by atoms with Gasteiger partial charge in [0.25, 0.3) is 0 Å². The third-order valence-electron chi connectivity index (χ3n) is 7.20. The minimum atomic E-state index is 0.500. The van der Waals surface area contributed by atoms with Crippen molar-refractivity contribution >= 4 is 23.1 Å². The average Bonchev–Trinajstić information content (AvgIpc) is 3.68. The van der Waals surface area contributed by atoms with Crippen LogP contribution in [0.2, 0.25) is 0 Å². The molecule has 0 aromatic heterocycles. The zero-order chi connectivity index (χ0) is 29.2. The Kier molecular flexibility index (Phi) is 16.4. The van der Waals surface area contributed by atoms with E-state index in [0.717, 1.165) is 32.1 Å². The van der Waals surface area contributed by atoms with Crippen molar-refractivity contribution < 1.29 is 4.39 Å². The number of halogens is 1. The molecule has 1 saturated carbocycles. The minimum absolute atomic E-state index is 0.500. The van der Waals surface area contributed by atoms with Crippen molar-refractivity contribution in [2.75, 3.05) is 56.2 Å². The summed E-state index contributed by atoms with van der Waals surface area (Å²) >= 11 is 0. The van der Waals surface area contributed by atoms with E-state index in [9.17, 15) is 4.39 Å². The third kappa shape index (κ3) is 9.76. The maximum atomic E-state index is 9.50. The van der Waals surface area contributed by atoms with Gasteiger partial charge in [-0.15, -0.1) is 26.3 Å². The SMILES string of the molecule is C=C.C=C.C=Cc1ccc(N2CCN(C(=C)c3cc(CC4CC4)ccc3N3CCCC3)CC2)cc1.CC.CF. The van der Waals surface area contributed by atoms with Crippen LogP contribution < -0.4 is 9.80 Å². The molecule has 0 amide bonds. The van der Waals surface area contributed by atoms with Gasteiger partial charge in [0, 0.05) is 61.9 Å². The Morgan fingerprint density at radius 2 is 1.38 bits per heavy atom. The van der Waals surface area contributed by atoms with E-state index in [1.807, 2.05) is 19.9 Å². The van der Waals surface area contributed by atoms with Gasteiger partial charge in [-0.05, 0) is 73.4 Å². The van der Waals surface area contributed by atoms with Crippen molar-refractivity contribution in [1.82, 2.24) is 4.90 Å². The molecule has 1 aliphatic carbocycles. The Labute approximate surface area is 239 Å². The number of rotatable bonds is 7. The van der Waals surface area contributed by atoms with Gasteiger partial charge in [-0.1, -0.05) is 51.3 Å². The van der Waals surface area contributed by atoms with Gasteiger partial charge < -0.3 is 14.7 Å². The summed E-state index contributed by atoms with van der Waals surface area (Å²) in [5, 5.41) is 0. The first-order valence-electron chi connectivity index (χ1n) is 14.4. The molecule has 0 unspecified atom stereocenters. The number of alkyl halides is 1. The highest BCUT2D eigenvalue weighted by Crippen LogP contribution is 2.36. The highest BCUT2D eigenvalue weighted by molar-refractivity contribution is 5.76. The summed E-state index contributed by atoms with van der Waals surface area (Å²) < 4.78 is 9.50. The predicted octanol–water partition coefficient (Wildman–Crippen LogP) is 8.89. The lowest BCUT2D eigenvalue weighted by atomic mass is 10.0. The molecule has 39 heavy (non-hydrogen) atoms. The van der Waals surface area contributed by atoms with Gasteiger partial charge >= 0.3 is 0 Å². The van der Waals surface area contributed by atoms with Crippen LogP contribution in [0.5, 0.6) is 0 Å². The van der Waals surface area contributed by atoms with E-state index < -0.39 is 0 Å². The number of hydrogen-bond donors (Lipinski definition) is 0. The fraction of sp³-hybridized carbons (Fsp3) is 0.429. The molecule has 5 rings (SSSR count). The number of piperazine rings is 1. The Balaban J connectivity index is 0.000000874. The van der Waals surface area contributed by atoms with Crippen LogP contribution in [0.15, 0.2) is 81.9 Å². The summed E-state index contributed by atoms with van der Waals surface area (Å²) in [7, 11) is 0.500. The van der Waals surface area contributed by atoms with Gasteiger partial charge in [-0.25, -0.2) is 0 Å². The van der Waals surface area contributed by atoms with Crippen LogP contribution in [0.25, 0.3) is 11.8 Å². The number of hydrogen-bond acceptors (Lipinski definition) is 3. The molecule has 2 aromatic rings. The second kappa shape index (κ2) is 18.9. The van der Waals surface area contributed by atoms with Gasteiger partial charge in [-0.3, -0.25) is 4.39 Å². The van der Waals surface area contributed by atoms with Crippen molar-refractivity contribution in [1.29, 1.82) is 0 Å². The zero-order valence-electron chi connectivity index (χ0n) is 24.9. The van der Waals surface area contributed by atoms with E-state index in [1.54, 1.807) is 0 Å². The molecule has 0 spiro atoms. The van der Waals surface area contributed by atoms with Gasteiger partial charge in [0.1, 0.15) is 0 Å². The second-order valence-electron chi connectivity index (χ2n) is 9.41. The fourth-order valence-electron chi connectivity index (χ4n) is 5.06. The number of benzene rings is 2. The molecule has 3 aliphatic rings. The topological polar surface area (TPSA) is 9.72 Å². The summed E-state index contributed by atoms with van der Waals surface area (Å²) in [5.74, 6) is 0.912. The minimum Gasteiger partial charge on any atom is -0.371 e. The van der Waals surface area contributed by atoms with E-state index in [0.29, 0.717) is 7.18 Å². The smallest absolute Gasteiger partial charge is 0.0785 e. The van der Waals surface area contributed by atoms with Crippen molar-refractivity contribution in [2.24, 2.45) is 5.92 Å². The molecular weight excluding hydrogens is 481 g/mol. The molecule has 0 radical (unpaired) electrons. The van der Waals surface area contributed by atoms with Crippen LogP contribution in [0.3, 0.4) is 0 Å². The molecule has 0 N–H and O–H groups in total. The van der Waals surface area contributed by atoms with Crippen molar-refractivity contribution in [3.05, 3.63) is 98.6 Å². The summed E-state index contributed by atoms with van der Waals surface area (Å²) in [5.41, 5.74) is 7.94. The number of anilines is 2. The number of nitrogens with zero attached hydrogens (tertiary/aromatic N) is 3. The Hall–Kier alpha value is -3.27. The maximum Gasteiger partial charge on any atom is 0.0785 e. The van der Waals surface area contributed by atoms with Gasteiger partial charge in [0.05, 0.1) is 7.18 Å². The average molecular weight is 534 g/mol. The van der Waals surface area contributed by atoms with E-state index in [-0.39, 0.29) is 0 Å². The Morgan fingerprint density at radius 1 is 0.821 bits per heavy atom. The first-order valence-corrected chi connectivity index (χ1v) is 14.4. The molecule has 2 aromatic carbocycles. The van der Waals surface area contributed by atoms with Crippen LogP contribution in [-0.2, 0) is 6.42 Å². The highest BCUT2D eigenvalue weighted by Gasteiger charge is 2.25. The van der Waals surface area contributed by atoms with Crippen molar-refractivity contribution in [2.45, 2.75) is 46.0 Å². The normalized spacial score (nSPS) is 15.6. The van der Waals surface area contributed by atoms with E-state index in [2.05, 4.69) is 96.6 Å². The second-order valence-corrected chi connectivity index (χ2v) is 9.41. The summed E-state index contributed by atoms with van der Waals surface area (Å²) in [6.07, 6.45) is 8.55. The molecule has 3 nitrogen and oxygen atoms in total. The summed E-state index contributed by atoms with van der Waals surface area (Å²) in [6, 6.07) is 15.9. The molecule has 0 atom stereocenters. The molecular formula is C35H52FN3. The third-order valence-corrected chi connectivity index (χ3v) is 7.20. The lowest BCUT2D eigenvalue weighted by Crippen LogP contribution is -2.45. The van der Waals surface area contributed by atoms with E-state index in [1.165, 1.54) is 79.0 Å². The monoisotopic (exact) mass is 533 g/mol. The lowest BCUT2D eigenvalue weighted by molar-refractivity contribution is 0.368. The molecule has 214 valence electrons. The summed E-state index contributed by atoms with van der Waals surface area (Å²) in [6.45, 7) is 30.9. The van der Waals surface area contributed by atoms with Crippen LogP contribution in [-0.4, -0.2) is 51.3 Å².